The van der Waals surface area contributed by atoms with E-state index in [-0.39, 0.29) is 29.9 Å². The predicted octanol–water partition coefficient (Wildman–Crippen LogP) is 1.64. The third kappa shape index (κ3) is 3.47. The Morgan fingerprint density at radius 2 is 2.03 bits per heavy atom. The van der Waals surface area contributed by atoms with Crippen LogP contribution in [-0.4, -0.2) is 40.0 Å². The first-order valence-corrected chi connectivity index (χ1v) is 9.53. The van der Waals surface area contributed by atoms with Gasteiger partial charge in [0.2, 0.25) is 0 Å². The number of halogens is 1. The second-order valence-corrected chi connectivity index (χ2v) is 7.01. The summed E-state index contributed by atoms with van der Waals surface area (Å²) in [4.78, 5) is 42.1. The minimum atomic E-state index is -0.505. The van der Waals surface area contributed by atoms with Crippen LogP contribution in [0.15, 0.2) is 52.1 Å². The van der Waals surface area contributed by atoms with E-state index >= 15 is 0 Å². The Labute approximate surface area is 165 Å². The van der Waals surface area contributed by atoms with Gasteiger partial charge in [0.05, 0.1) is 16.9 Å². The summed E-state index contributed by atoms with van der Waals surface area (Å²) in [5.74, 6) is -0.584. The molecule has 1 aromatic heterocycles. The molecule has 1 amide bonds. The molecule has 2 N–H and O–H groups in total. The van der Waals surface area contributed by atoms with Crippen LogP contribution < -0.4 is 16.6 Å². The zero-order valence-corrected chi connectivity index (χ0v) is 15.9. The molecule has 1 aliphatic heterocycles. The quantitative estimate of drug-likeness (QED) is 0.705. The molecule has 0 aliphatic carbocycles. The normalized spacial score (nSPS) is 16.9. The highest BCUT2D eigenvalue weighted by Crippen LogP contribution is 2.25. The number of nitrogens with one attached hydrogen (secondary N) is 2. The number of aromatic amines is 1. The van der Waals surface area contributed by atoms with E-state index in [4.69, 9.17) is 0 Å². The molecule has 1 atom stereocenters. The summed E-state index contributed by atoms with van der Waals surface area (Å²) in [6.07, 6.45) is 0. The fourth-order valence-electron chi connectivity index (χ4n) is 3.80. The molecule has 0 radical (unpaired) electrons. The third-order valence-corrected chi connectivity index (χ3v) is 5.28. The molecule has 1 aliphatic rings. The van der Waals surface area contributed by atoms with Gasteiger partial charge >= 0.3 is 5.69 Å². The van der Waals surface area contributed by atoms with Crippen LogP contribution in [0.2, 0.25) is 0 Å². The first-order valence-electron chi connectivity index (χ1n) is 9.53. The minimum absolute atomic E-state index is 0.233. The molecule has 2 heterocycles. The summed E-state index contributed by atoms with van der Waals surface area (Å²) in [7, 11) is 0. The van der Waals surface area contributed by atoms with Crippen molar-refractivity contribution in [3.05, 3.63) is 80.2 Å². The van der Waals surface area contributed by atoms with Crippen LogP contribution in [0.3, 0.4) is 0 Å². The van der Waals surface area contributed by atoms with Crippen LogP contribution in [0.5, 0.6) is 0 Å². The smallest absolute Gasteiger partial charge is 0.328 e. The van der Waals surface area contributed by atoms with E-state index in [0.29, 0.717) is 41.7 Å². The average Bonchev–Trinajstić information content (AvgIpc) is 2.73. The minimum Gasteiger partial charge on any atom is -0.329 e. The zero-order valence-electron chi connectivity index (χ0n) is 15.9. The van der Waals surface area contributed by atoms with E-state index in [1.807, 2.05) is 0 Å². The van der Waals surface area contributed by atoms with Crippen LogP contribution in [0.4, 0.5) is 4.39 Å². The van der Waals surface area contributed by atoms with Crippen molar-refractivity contribution in [2.24, 2.45) is 0 Å². The fraction of sp³-hybridized carbons (Fsp3) is 0.286. The van der Waals surface area contributed by atoms with Crippen LogP contribution >= 0.6 is 0 Å². The molecular weight excluding hydrogens is 375 g/mol. The van der Waals surface area contributed by atoms with Gasteiger partial charge in [-0.2, -0.15) is 0 Å². The van der Waals surface area contributed by atoms with E-state index in [0.717, 1.165) is 4.57 Å². The third-order valence-electron chi connectivity index (χ3n) is 5.28. The Bertz CT molecular complexity index is 1200. The van der Waals surface area contributed by atoms with Crippen LogP contribution in [-0.2, 0) is 6.54 Å². The van der Waals surface area contributed by atoms with Crippen molar-refractivity contribution in [2.75, 3.05) is 19.6 Å². The van der Waals surface area contributed by atoms with E-state index in [9.17, 15) is 18.8 Å². The Morgan fingerprint density at radius 1 is 1.21 bits per heavy atom. The van der Waals surface area contributed by atoms with Crippen molar-refractivity contribution in [3.63, 3.8) is 0 Å². The number of aromatic nitrogens is 2. The lowest BCUT2D eigenvalue weighted by molar-refractivity contribution is 0.0634. The SMILES string of the molecule is CCn1c(=O)[nH]c2cc(C(=O)N3CCNCC3c3cccc(F)c3)ccc2c1=O. The van der Waals surface area contributed by atoms with Crippen LogP contribution in [0.25, 0.3) is 10.9 Å². The largest absolute Gasteiger partial charge is 0.329 e. The molecule has 150 valence electrons. The Kier molecular flexibility index (Phi) is 5.02. The lowest BCUT2D eigenvalue weighted by Crippen LogP contribution is -2.48. The predicted molar refractivity (Wildman–Crippen MR) is 108 cm³/mol. The van der Waals surface area contributed by atoms with E-state index < -0.39 is 5.69 Å². The van der Waals surface area contributed by atoms with Crippen molar-refractivity contribution in [3.8, 4) is 0 Å². The molecule has 0 spiro atoms. The van der Waals surface area contributed by atoms with Gasteiger partial charge in [0.1, 0.15) is 5.82 Å². The Hall–Kier alpha value is -3.26. The standard InChI is InChI=1S/C21H21FN4O3/c1-2-25-20(28)16-7-6-14(11-17(16)24-21(25)29)19(27)26-9-8-23-12-18(26)13-4-3-5-15(22)10-13/h3-7,10-11,18,23H,2,8-9,12H2,1H3,(H,24,29). The highest BCUT2D eigenvalue weighted by atomic mass is 19.1. The van der Waals surface area contributed by atoms with Crippen LogP contribution in [0, 0.1) is 5.82 Å². The molecule has 29 heavy (non-hydrogen) atoms. The molecule has 4 rings (SSSR count). The highest BCUT2D eigenvalue weighted by Gasteiger charge is 2.29. The van der Waals surface area contributed by atoms with Gasteiger partial charge in [-0.3, -0.25) is 14.2 Å². The summed E-state index contributed by atoms with van der Waals surface area (Å²) in [6, 6.07) is 10.6. The first kappa shape index (κ1) is 19.1. The summed E-state index contributed by atoms with van der Waals surface area (Å²) in [5.41, 5.74) is 0.517. The van der Waals surface area contributed by atoms with Gasteiger partial charge in [0.15, 0.2) is 0 Å². The topological polar surface area (TPSA) is 87.2 Å². The summed E-state index contributed by atoms with van der Waals surface area (Å²) in [6.45, 7) is 3.59. The number of nitrogens with zero attached hydrogens (tertiary/aromatic N) is 2. The molecular formula is C21H21FN4O3. The Morgan fingerprint density at radius 3 is 2.79 bits per heavy atom. The first-order chi connectivity index (χ1) is 14.0. The monoisotopic (exact) mass is 396 g/mol. The zero-order chi connectivity index (χ0) is 20.5. The maximum atomic E-state index is 13.7. The van der Waals surface area contributed by atoms with Crippen molar-refractivity contribution in [2.45, 2.75) is 19.5 Å². The molecule has 2 aromatic carbocycles. The molecule has 0 bridgehead atoms. The van der Waals surface area contributed by atoms with Crippen molar-refractivity contribution < 1.29 is 9.18 Å². The Balaban J connectivity index is 1.73. The number of H-pyrrole nitrogens is 1. The number of benzene rings is 2. The lowest BCUT2D eigenvalue weighted by Gasteiger charge is -2.36. The highest BCUT2D eigenvalue weighted by molar-refractivity contribution is 5.98. The number of fused-ring (bicyclic) bond motifs is 1. The number of carbonyl (C=O) groups excluding carboxylic acids is 1. The molecule has 1 unspecified atom stereocenters. The second kappa shape index (κ2) is 7.63. The summed E-state index contributed by atoms with van der Waals surface area (Å²) in [5, 5.41) is 3.59. The number of amides is 1. The van der Waals surface area contributed by atoms with Crippen molar-refractivity contribution >= 4 is 16.8 Å². The van der Waals surface area contributed by atoms with Gasteiger partial charge in [-0.25, -0.2) is 9.18 Å². The van der Waals surface area contributed by atoms with E-state index in [1.54, 1.807) is 36.1 Å². The molecule has 8 heteroatoms. The molecule has 1 saturated heterocycles. The van der Waals surface area contributed by atoms with E-state index in [2.05, 4.69) is 10.3 Å². The number of hydrogen-bond donors (Lipinski definition) is 2. The van der Waals surface area contributed by atoms with Gasteiger partial charge < -0.3 is 15.2 Å². The maximum Gasteiger partial charge on any atom is 0.328 e. The number of rotatable bonds is 3. The van der Waals surface area contributed by atoms with E-state index in [1.165, 1.54) is 18.2 Å². The van der Waals surface area contributed by atoms with Crippen LogP contribution in [0.1, 0.15) is 28.9 Å². The van der Waals surface area contributed by atoms with Gasteiger partial charge in [-0.1, -0.05) is 12.1 Å². The van der Waals surface area contributed by atoms with Crippen molar-refractivity contribution in [1.82, 2.24) is 19.8 Å². The molecule has 0 saturated carbocycles. The van der Waals surface area contributed by atoms with Crippen molar-refractivity contribution in [1.29, 1.82) is 0 Å². The molecule has 7 nitrogen and oxygen atoms in total. The van der Waals surface area contributed by atoms with Gasteiger partial charge in [0.25, 0.3) is 11.5 Å². The maximum absolute atomic E-state index is 13.7. The second-order valence-electron chi connectivity index (χ2n) is 7.01. The number of hydrogen-bond acceptors (Lipinski definition) is 4. The summed E-state index contributed by atoms with van der Waals surface area (Å²) < 4.78 is 14.8. The number of carbonyl (C=O) groups is 1. The fourth-order valence-corrected chi connectivity index (χ4v) is 3.80. The van der Waals surface area contributed by atoms with Gasteiger partial charge in [0, 0.05) is 31.7 Å². The summed E-state index contributed by atoms with van der Waals surface area (Å²) >= 11 is 0. The number of piperazine rings is 1. The average molecular weight is 396 g/mol. The molecule has 1 fully saturated rings. The molecule has 3 aromatic rings. The van der Waals surface area contributed by atoms with Gasteiger partial charge in [-0.15, -0.1) is 0 Å². The lowest BCUT2D eigenvalue weighted by atomic mass is 10.0. The van der Waals surface area contributed by atoms with Gasteiger partial charge in [-0.05, 0) is 42.8 Å².